The topological polar surface area (TPSA) is 63.2 Å². The summed E-state index contributed by atoms with van der Waals surface area (Å²) in [4.78, 5) is 15.9. The average Bonchev–Trinajstić information content (AvgIpc) is 2.55. The van der Waals surface area contributed by atoms with Crippen molar-refractivity contribution in [3.05, 3.63) is 41.5 Å². The number of aryl methyl sites for hydroxylation is 2. The Kier molecular flexibility index (Phi) is 5.25. The number of ether oxygens (including phenoxy) is 1. The molecular weight excluding hydrogens is 302 g/mol. The zero-order valence-corrected chi connectivity index (χ0v) is 14.6. The fraction of sp³-hybridized carbons (Fsp3) is 0.500. The highest BCUT2D eigenvalue weighted by molar-refractivity contribution is 5.42. The zero-order valence-electron chi connectivity index (χ0n) is 14.6. The Bertz CT molecular complexity index is 683. The van der Waals surface area contributed by atoms with Crippen LogP contribution < -0.4 is 10.2 Å². The fourth-order valence-electron chi connectivity index (χ4n) is 3.05. The maximum absolute atomic E-state index is 5.16. The third-order valence-electron chi connectivity index (χ3n) is 4.22. The van der Waals surface area contributed by atoms with Gasteiger partial charge < -0.3 is 15.0 Å². The molecule has 1 fully saturated rings. The van der Waals surface area contributed by atoms with Crippen LogP contribution in [-0.4, -0.2) is 41.2 Å². The first-order chi connectivity index (χ1) is 11.6. The molecule has 0 saturated carbocycles. The molecule has 0 unspecified atom stereocenters. The molecule has 0 bridgehead atoms. The van der Waals surface area contributed by atoms with Crippen LogP contribution in [0.25, 0.3) is 0 Å². The molecule has 1 saturated heterocycles. The van der Waals surface area contributed by atoms with Gasteiger partial charge in [-0.3, -0.25) is 0 Å². The highest BCUT2D eigenvalue weighted by Gasteiger charge is 2.21. The Balaban J connectivity index is 1.60. The van der Waals surface area contributed by atoms with Crippen LogP contribution in [0.1, 0.15) is 30.1 Å². The molecule has 2 aromatic heterocycles. The van der Waals surface area contributed by atoms with Crippen LogP contribution in [0.4, 0.5) is 11.6 Å². The van der Waals surface area contributed by atoms with Gasteiger partial charge in [0.2, 0.25) is 0 Å². The van der Waals surface area contributed by atoms with Gasteiger partial charge in [0.1, 0.15) is 18.2 Å². The Morgan fingerprint density at radius 3 is 2.62 bits per heavy atom. The van der Waals surface area contributed by atoms with Gasteiger partial charge >= 0.3 is 0 Å². The summed E-state index contributed by atoms with van der Waals surface area (Å²) in [6.45, 7) is 6.43. The van der Waals surface area contributed by atoms with Crippen molar-refractivity contribution in [2.24, 2.45) is 0 Å². The predicted molar refractivity (Wildman–Crippen MR) is 95.3 cm³/mol. The minimum Gasteiger partial charge on any atom is -0.377 e. The summed E-state index contributed by atoms with van der Waals surface area (Å²) in [6.07, 6.45) is 2.14. The fourth-order valence-corrected chi connectivity index (χ4v) is 3.05. The smallest absolute Gasteiger partial charge is 0.156 e. The second-order valence-corrected chi connectivity index (χ2v) is 6.29. The van der Waals surface area contributed by atoms with Crippen molar-refractivity contribution in [1.82, 2.24) is 15.0 Å². The largest absolute Gasteiger partial charge is 0.377 e. The van der Waals surface area contributed by atoms with E-state index in [0.29, 0.717) is 12.6 Å². The molecule has 0 spiro atoms. The number of rotatable bonds is 5. The van der Waals surface area contributed by atoms with Crippen molar-refractivity contribution in [2.45, 2.75) is 39.3 Å². The van der Waals surface area contributed by atoms with Gasteiger partial charge in [-0.15, -0.1) is 0 Å². The lowest BCUT2D eigenvalue weighted by Gasteiger charge is -2.33. The van der Waals surface area contributed by atoms with Crippen LogP contribution >= 0.6 is 0 Å². The van der Waals surface area contributed by atoms with Crippen LogP contribution in [0, 0.1) is 13.8 Å². The summed E-state index contributed by atoms with van der Waals surface area (Å²) in [5.41, 5.74) is 2.02. The van der Waals surface area contributed by atoms with Crippen molar-refractivity contribution in [1.29, 1.82) is 0 Å². The summed E-state index contributed by atoms with van der Waals surface area (Å²) in [7, 11) is 1.67. The lowest BCUT2D eigenvalue weighted by Crippen LogP contribution is -2.39. The molecule has 2 aromatic rings. The van der Waals surface area contributed by atoms with Gasteiger partial charge in [-0.2, -0.15) is 0 Å². The monoisotopic (exact) mass is 327 g/mol. The molecule has 1 N–H and O–H groups in total. The van der Waals surface area contributed by atoms with E-state index in [1.54, 1.807) is 7.11 Å². The minimum atomic E-state index is 0.450. The third kappa shape index (κ3) is 4.20. The second kappa shape index (κ2) is 7.57. The van der Waals surface area contributed by atoms with E-state index in [2.05, 4.69) is 31.2 Å². The molecule has 0 amide bonds. The van der Waals surface area contributed by atoms with Gasteiger partial charge in [0.15, 0.2) is 5.82 Å². The molecule has 1 aliphatic heterocycles. The van der Waals surface area contributed by atoms with Gasteiger partial charge in [-0.25, -0.2) is 15.0 Å². The van der Waals surface area contributed by atoms with E-state index in [1.165, 1.54) is 0 Å². The number of hydrogen-bond donors (Lipinski definition) is 1. The molecule has 24 heavy (non-hydrogen) atoms. The lowest BCUT2D eigenvalue weighted by atomic mass is 10.0. The van der Waals surface area contributed by atoms with E-state index >= 15 is 0 Å². The third-order valence-corrected chi connectivity index (χ3v) is 4.22. The molecule has 6 nitrogen and oxygen atoms in total. The maximum atomic E-state index is 5.16. The first kappa shape index (κ1) is 16.6. The van der Waals surface area contributed by atoms with E-state index in [9.17, 15) is 0 Å². The van der Waals surface area contributed by atoms with Gasteiger partial charge in [-0.1, -0.05) is 6.07 Å². The number of methoxy groups -OCH3 is 1. The van der Waals surface area contributed by atoms with Crippen LogP contribution in [0.2, 0.25) is 0 Å². The second-order valence-electron chi connectivity index (χ2n) is 6.29. The molecule has 0 aromatic carbocycles. The molecular formula is C18H25N5O. The highest BCUT2D eigenvalue weighted by Crippen LogP contribution is 2.21. The van der Waals surface area contributed by atoms with Gasteiger partial charge in [0.05, 0.1) is 0 Å². The summed E-state index contributed by atoms with van der Waals surface area (Å²) in [5, 5.41) is 3.55. The van der Waals surface area contributed by atoms with Crippen LogP contribution in [-0.2, 0) is 11.3 Å². The van der Waals surface area contributed by atoms with Gasteiger partial charge in [0, 0.05) is 43.7 Å². The number of hydrogen-bond acceptors (Lipinski definition) is 6. The van der Waals surface area contributed by atoms with Crippen molar-refractivity contribution in [3.63, 3.8) is 0 Å². The maximum Gasteiger partial charge on any atom is 0.156 e. The van der Waals surface area contributed by atoms with Crippen molar-refractivity contribution in [2.75, 3.05) is 30.4 Å². The number of pyridine rings is 1. The quantitative estimate of drug-likeness (QED) is 0.911. The molecule has 3 heterocycles. The predicted octanol–water partition coefficient (Wildman–Crippen LogP) is 2.72. The zero-order chi connectivity index (χ0) is 16.9. The number of piperidine rings is 1. The number of nitrogens with one attached hydrogen (secondary N) is 1. The van der Waals surface area contributed by atoms with Gasteiger partial charge in [-0.05, 0) is 38.8 Å². The average molecular weight is 327 g/mol. The Labute approximate surface area is 143 Å². The SMILES string of the molecule is COCc1nc(C)cc(N2CCC(Nc3cccc(C)n3)CC2)n1. The molecule has 3 rings (SSSR count). The van der Waals surface area contributed by atoms with Crippen LogP contribution in [0.15, 0.2) is 24.3 Å². The first-order valence-electron chi connectivity index (χ1n) is 8.42. The molecule has 0 atom stereocenters. The lowest BCUT2D eigenvalue weighted by molar-refractivity contribution is 0.177. The molecule has 1 aliphatic rings. The first-order valence-corrected chi connectivity index (χ1v) is 8.42. The van der Waals surface area contributed by atoms with E-state index in [4.69, 9.17) is 4.74 Å². The normalized spacial score (nSPS) is 15.5. The van der Waals surface area contributed by atoms with E-state index < -0.39 is 0 Å². The molecule has 128 valence electrons. The molecule has 0 radical (unpaired) electrons. The Hall–Kier alpha value is -2.21. The summed E-state index contributed by atoms with van der Waals surface area (Å²) >= 11 is 0. The van der Waals surface area contributed by atoms with Gasteiger partial charge in [0.25, 0.3) is 0 Å². The number of aromatic nitrogens is 3. The van der Waals surface area contributed by atoms with E-state index in [0.717, 1.165) is 54.8 Å². The summed E-state index contributed by atoms with van der Waals surface area (Å²) in [6, 6.07) is 8.60. The van der Waals surface area contributed by atoms with Crippen molar-refractivity contribution < 1.29 is 4.74 Å². The molecule has 6 heteroatoms. The van der Waals surface area contributed by atoms with E-state index in [1.807, 2.05) is 32.0 Å². The molecule has 0 aliphatic carbocycles. The van der Waals surface area contributed by atoms with E-state index in [-0.39, 0.29) is 0 Å². The Morgan fingerprint density at radius 1 is 1.12 bits per heavy atom. The van der Waals surface area contributed by atoms with Crippen molar-refractivity contribution >= 4 is 11.6 Å². The summed E-state index contributed by atoms with van der Waals surface area (Å²) < 4.78 is 5.16. The number of nitrogens with zero attached hydrogens (tertiary/aromatic N) is 4. The standard InChI is InChI=1S/C18H25N5O/c1-13-5-4-6-16(19-13)21-15-7-9-23(10-8-15)18-11-14(2)20-17(22-18)12-24-3/h4-6,11,15H,7-10,12H2,1-3H3,(H,19,21). The van der Waals surface area contributed by atoms with Crippen LogP contribution in [0.5, 0.6) is 0 Å². The van der Waals surface area contributed by atoms with Crippen molar-refractivity contribution in [3.8, 4) is 0 Å². The minimum absolute atomic E-state index is 0.450. The Morgan fingerprint density at radius 2 is 1.92 bits per heavy atom. The summed E-state index contributed by atoms with van der Waals surface area (Å²) in [5.74, 6) is 2.71. The van der Waals surface area contributed by atoms with Crippen LogP contribution in [0.3, 0.4) is 0 Å². The number of anilines is 2. The highest BCUT2D eigenvalue weighted by atomic mass is 16.5.